The average Bonchev–Trinajstić information content (AvgIpc) is 3.08. The van der Waals surface area contributed by atoms with Gasteiger partial charge in [0.2, 0.25) is 0 Å². The molecule has 0 fully saturated rings. The molecule has 0 aromatic carbocycles. The third kappa shape index (κ3) is 4.97. The minimum atomic E-state index is -0.893. The Morgan fingerprint density at radius 1 is 1.48 bits per heavy atom. The second kappa shape index (κ2) is 8.89. The average molecular weight is 404 g/mol. The first-order valence-corrected chi connectivity index (χ1v) is 8.58. The van der Waals surface area contributed by atoms with Crippen LogP contribution in [-0.4, -0.2) is 33.9 Å². The largest absolute Gasteiger partial charge is 0.506 e. The summed E-state index contributed by atoms with van der Waals surface area (Å²) in [5.41, 5.74) is -0.490. The number of aromatic nitrogens is 2. The monoisotopic (exact) mass is 403 g/mol. The molecule has 2 rings (SSSR count). The zero-order chi connectivity index (χ0) is 18.4. The maximum atomic E-state index is 13.6. The second-order valence-corrected chi connectivity index (χ2v) is 6.17. The number of aliphatic hydroxyl groups excluding tert-OH is 1. The Kier molecular flexibility index (Phi) is 6.86. The van der Waals surface area contributed by atoms with Crippen LogP contribution < -0.4 is 0 Å². The van der Waals surface area contributed by atoms with Crippen LogP contribution in [0.3, 0.4) is 0 Å². The molecule has 0 atom stereocenters. The van der Waals surface area contributed by atoms with Crippen molar-refractivity contribution >= 4 is 52.5 Å². The predicted molar refractivity (Wildman–Crippen MR) is 94.7 cm³/mol. The number of esters is 1. The van der Waals surface area contributed by atoms with Crippen molar-refractivity contribution in [2.45, 2.75) is 13.5 Å². The number of ether oxygens (including phenoxy) is 1. The highest BCUT2D eigenvalue weighted by Gasteiger charge is 2.20. The van der Waals surface area contributed by atoms with E-state index in [4.69, 9.17) is 27.9 Å². The summed E-state index contributed by atoms with van der Waals surface area (Å²) in [7, 11) is 0. The van der Waals surface area contributed by atoms with Crippen molar-refractivity contribution in [3.8, 4) is 0 Å². The van der Waals surface area contributed by atoms with Gasteiger partial charge in [-0.2, -0.15) is 0 Å². The van der Waals surface area contributed by atoms with Crippen LogP contribution in [0.2, 0.25) is 10.3 Å². The Morgan fingerprint density at radius 2 is 2.24 bits per heavy atom. The zero-order valence-electron chi connectivity index (χ0n) is 12.9. The lowest BCUT2D eigenvalue weighted by Gasteiger charge is -2.08. The Bertz CT molecular complexity index is 826. The first-order valence-electron chi connectivity index (χ1n) is 6.94. The molecule has 10 heteroatoms. The number of carbonyl (C=O) groups excluding carboxylic acids is 1. The molecular formula is C15H12Cl2FN3O3S. The van der Waals surface area contributed by atoms with Gasteiger partial charge in [0.25, 0.3) is 0 Å². The topological polar surface area (TPSA) is 84.7 Å². The summed E-state index contributed by atoms with van der Waals surface area (Å²) in [6.07, 6.45) is 2.74. The molecule has 0 aliphatic heterocycles. The van der Waals surface area contributed by atoms with Gasteiger partial charge in [-0.3, -0.25) is 4.99 Å². The standard InChI is InChI=1S/C15H12Cl2FN3O3S/c1-2-24-15(23)9(6-19-7-11-20-3-4-25-11)12(22)8-5-10(18)14(17)21-13(8)16/h3-6,22H,2,7H2,1H3/b12-9-,19-6?. The van der Waals surface area contributed by atoms with E-state index in [1.54, 1.807) is 18.5 Å². The third-order valence-corrected chi connectivity index (χ3v) is 4.14. The number of aliphatic imine (C=N–C) groups is 1. The van der Waals surface area contributed by atoms with Crippen LogP contribution in [0.5, 0.6) is 0 Å². The fourth-order valence-electron chi connectivity index (χ4n) is 1.72. The molecule has 0 bridgehead atoms. The summed E-state index contributed by atoms with van der Waals surface area (Å²) >= 11 is 12.8. The molecular weight excluding hydrogens is 392 g/mol. The number of hydrogen-bond acceptors (Lipinski definition) is 7. The normalized spacial score (nSPS) is 12.3. The lowest BCUT2D eigenvalue weighted by Crippen LogP contribution is -2.12. The Balaban J connectivity index is 2.41. The highest BCUT2D eigenvalue weighted by molar-refractivity contribution is 7.09. The number of thiazole rings is 1. The molecule has 2 aromatic rings. The molecule has 6 nitrogen and oxygen atoms in total. The van der Waals surface area contributed by atoms with Crippen LogP contribution in [0.1, 0.15) is 17.5 Å². The molecule has 0 aliphatic carbocycles. The molecule has 0 aliphatic rings. The minimum absolute atomic E-state index is 0.0803. The van der Waals surface area contributed by atoms with Gasteiger partial charge in [0.05, 0.1) is 18.7 Å². The lowest BCUT2D eigenvalue weighted by atomic mass is 10.1. The highest BCUT2D eigenvalue weighted by Crippen LogP contribution is 2.27. The number of carbonyl (C=O) groups is 1. The smallest absolute Gasteiger partial charge is 0.343 e. The quantitative estimate of drug-likeness (QED) is 0.258. The molecule has 0 spiro atoms. The summed E-state index contributed by atoms with van der Waals surface area (Å²) in [6.45, 7) is 1.89. The molecule has 2 heterocycles. The number of rotatable bonds is 6. The molecule has 0 saturated heterocycles. The van der Waals surface area contributed by atoms with Gasteiger partial charge in [0, 0.05) is 17.8 Å². The van der Waals surface area contributed by atoms with Gasteiger partial charge in [-0.15, -0.1) is 11.3 Å². The highest BCUT2D eigenvalue weighted by atomic mass is 35.5. The fraction of sp³-hybridized carbons (Fsp3) is 0.200. The SMILES string of the molecule is CCOC(=O)/C(C=NCc1nccs1)=C(\O)c1cc(F)c(Cl)nc1Cl. The first kappa shape index (κ1) is 19.3. The van der Waals surface area contributed by atoms with E-state index in [9.17, 15) is 14.3 Å². The summed E-state index contributed by atoms with van der Waals surface area (Å²) < 4.78 is 18.5. The van der Waals surface area contributed by atoms with Crippen molar-refractivity contribution in [3.05, 3.63) is 49.9 Å². The van der Waals surface area contributed by atoms with E-state index in [-0.39, 0.29) is 29.4 Å². The van der Waals surface area contributed by atoms with Gasteiger partial charge < -0.3 is 9.84 Å². The van der Waals surface area contributed by atoms with Crippen LogP contribution in [0.4, 0.5) is 4.39 Å². The Morgan fingerprint density at radius 3 is 2.88 bits per heavy atom. The van der Waals surface area contributed by atoms with E-state index < -0.39 is 22.7 Å². The second-order valence-electron chi connectivity index (χ2n) is 4.48. The van der Waals surface area contributed by atoms with Gasteiger partial charge in [0.15, 0.2) is 11.0 Å². The summed E-state index contributed by atoms with van der Waals surface area (Å²) in [5.74, 6) is -2.35. The Hall–Kier alpha value is -2.03. The molecule has 0 radical (unpaired) electrons. The van der Waals surface area contributed by atoms with Gasteiger partial charge >= 0.3 is 5.97 Å². The van der Waals surface area contributed by atoms with E-state index >= 15 is 0 Å². The van der Waals surface area contributed by atoms with Crippen molar-refractivity contribution in [1.29, 1.82) is 0 Å². The van der Waals surface area contributed by atoms with Crippen molar-refractivity contribution in [2.75, 3.05) is 6.61 Å². The van der Waals surface area contributed by atoms with Crippen LogP contribution in [0, 0.1) is 5.82 Å². The third-order valence-electron chi connectivity index (χ3n) is 2.82. The van der Waals surface area contributed by atoms with Crippen LogP contribution in [0.25, 0.3) is 5.76 Å². The van der Waals surface area contributed by atoms with Crippen molar-refractivity contribution in [3.63, 3.8) is 0 Å². The number of pyridine rings is 1. The van der Waals surface area contributed by atoms with Gasteiger partial charge in [0.1, 0.15) is 21.5 Å². The van der Waals surface area contributed by atoms with Crippen molar-refractivity contribution < 1.29 is 19.0 Å². The number of hydrogen-bond donors (Lipinski definition) is 1. The molecule has 2 aromatic heterocycles. The summed E-state index contributed by atoms with van der Waals surface area (Å²) in [4.78, 5) is 23.7. The zero-order valence-corrected chi connectivity index (χ0v) is 15.2. The number of halogens is 3. The number of aliphatic hydroxyl groups is 1. The van der Waals surface area contributed by atoms with E-state index in [2.05, 4.69) is 15.0 Å². The molecule has 25 heavy (non-hydrogen) atoms. The predicted octanol–water partition coefficient (Wildman–Crippen LogP) is 4.09. The minimum Gasteiger partial charge on any atom is -0.506 e. The van der Waals surface area contributed by atoms with Crippen LogP contribution in [-0.2, 0) is 16.1 Å². The van der Waals surface area contributed by atoms with Gasteiger partial charge in [-0.1, -0.05) is 23.2 Å². The molecule has 0 unspecified atom stereocenters. The van der Waals surface area contributed by atoms with Gasteiger partial charge in [-0.05, 0) is 13.0 Å². The number of nitrogens with zero attached hydrogens (tertiary/aromatic N) is 3. The van der Waals surface area contributed by atoms with Crippen molar-refractivity contribution in [2.24, 2.45) is 4.99 Å². The summed E-state index contributed by atoms with van der Waals surface area (Å²) in [6, 6.07) is 0.876. The molecule has 132 valence electrons. The molecule has 1 N–H and O–H groups in total. The van der Waals surface area contributed by atoms with E-state index in [0.717, 1.165) is 17.3 Å². The molecule has 0 saturated carbocycles. The van der Waals surface area contributed by atoms with Crippen molar-refractivity contribution in [1.82, 2.24) is 9.97 Å². The van der Waals surface area contributed by atoms with Crippen LogP contribution >= 0.6 is 34.5 Å². The van der Waals surface area contributed by atoms with E-state index in [1.165, 1.54) is 11.3 Å². The fourth-order valence-corrected chi connectivity index (χ4v) is 2.68. The Labute approximate surface area is 156 Å². The first-order chi connectivity index (χ1) is 11.9. The van der Waals surface area contributed by atoms with Gasteiger partial charge in [-0.25, -0.2) is 19.2 Å². The summed E-state index contributed by atoms with van der Waals surface area (Å²) in [5, 5.41) is 12.2. The maximum Gasteiger partial charge on any atom is 0.343 e. The maximum absolute atomic E-state index is 13.6. The lowest BCUT2D eigenvalue weighted by molar-refractivity contribution is -0.137. The van der Waals surface area contributed by atoms with E-state index in [1.807, 2.05) is 0 Å². The van der Waals surface area contributed by atoms with Crippen LogP contribution in [0.15, 0.2) is 28.2 Å². The molecule has 0 amide bonds. The van der Waals surface area contributed by atoms with E-state index in [0.29, 0.717) is 0 Å².